The quantitative estimate of drug-likeness (QED) is 0.770. The molecule has 0 fully saturated rings. The zero-order valence-electron chi connectivity index (χ0n) is 13.2. The third kappa shape index (κ3) is 5.75. The van der Waals surface area contributed by atoms with E-state index in [9.17, 15) is 0 Å². The number of nitrogens with zero attached hydrogens (tertiary/aromatic N) is 1. The van der Waals surface area contributed by atoms with E-state index >= 15 is 0 Å². The Morgan fingerprint density at radius 3 is 2.53 bits per heavy atom. The number of rotatable bonds is 8. The van der Waals surface area contributed by atoms with Crippen LogP contribution in [0.5, 0.6) is 0 Å². The van der Waals surface area contributed by atoms with E-state index in [4.69, 9.17) is 0 Å². The molecule has 1 N–H and O–H groups in total. The summed E-state index contributed by atoms with van der Waals surface area (Å²) in [6.07, 6.45) is 2.40. The van der Waals surface area contributed by atoms with Gasteiger partial charge >= 0.3 is 0 Å². The number of hydrogen-bond donors (Lipinski definition) is 1. The lowest BCUT2D eigenvalue weighted by Crippen LogP contribution is -2.36. The number of benzene rings is 1. The highest BCUT2D eigenvalue weighted by Crippen LogP contribution is 2.13. The van der Waals surface area contributed by atoms with Crippen LogP contribution >= 0.6 is 0 Å². The fraction of sp³-hybridized carbons (Fsp3) is 0.647. The molecule has 0 aliphatic carbocycles. The number of aryl methyl sites for hydroxylation is 1. The van der Waals surface area contributed by atoms with Crippen molar-refractivity contribution in [2.24, 2.45) is 0 Å². The second-order valence-corrected chi connectivity index (χ2v) is 5.78. The van der Waals surface area contributed by atoms with E-state index in [1.54, 1.807) is 0 Å². The Kier molecular flexibility index (Phi) is 7.11. The largest absolute Gasteiger partial charge is 0.314 e. The Balaban J connectivity index is 2.44. The van der Waals surface area contributed by atoms with E-state index in [1.807, 2.05) is 0 Å². The van der Waals surface area contributed by atoms with Crippen molar-refractivity contribution in [3.63, 3.8) is 0 Å². The van der Waals surface area contributed by atoms with Crippen LogP contribution in [-0.4, -0.2) is 30.6 Å². The maximum atomic E-state index is 3.57. The van der Waals surface area contributed by atoms with Crippen molar-refractivity contribution in [1.82, 2.24) is 10.2 Å². The van der Waals surface area contributed by atoms with Crippen LogP contribution in [0.25, 0.3) is 0 Å². The summed E-state index contributed by atoms with van der Waals surface area (Å²) in [5.41, 5.74) is 2.82. The summed E-state index contributed by atoms with van der Waals surface area (Å²) in [4.78, 5) is 2.45. The lowest BCUT2D eigenvalue weighted by Gasteiger charge is -2.28. The van der Waals surface area contributed by atoms with Crippen LogP contribution in [0.15, 0.2) is 24.3 Å². The highest BCUT2D eigenvalue weighted by Gasteiger charge is 2.13. The molecule has 0 aliphatic heterocycles. The average molecular weight is 262 g/mol. The summed E-state index contributed by atoms with van der Waals surface area (Å²) in [6, 6.07) is 9.86. The maximum absolute atomic E-state index is 3.57. The molecule has 0 amide bonds. The first kappa shape index (κ1) is 16.2. The summed E-state index contributed by atoms with van der Waals surface area (Å²) >= 11 is 0. The first-order chi connectivity index (χ1) is 9.04. The predicted octanol–water partition coefficient (Wildman–Crippen LogP) is 3.59. The maximum Gasteiger partial charge on any atom is 0.0236 e. The molecular weight excluding hydrogens is 232 g/mol. The summed E-state index contributed by atoms with van der Waals surface area (Å²) in [5, 5.41) is 3.57. The molecule has 0 spiro atoms. The summed E-state index contributed by atoms with van der Waals surface area (Å²) < 4.78 is 0. The molecule has 2 nitrogen and oxygen atoms in total. The Bertz CT molecular complexity index is 362. The molecule has 0 saturated heterocycles. The molecule has 1 rings (SSSR count). The average Bonchev–Trinajstić information content (AvgIpc) is 2.38. The normalized spacial score (nSPS) is 14.6. The van der Waals surface area contributed by atoms with Gasteiger partial charge in [-0.25, -0.2) is 0 Å². The Labute approximate surface area is 119 Å². The van der Waals surface area contributed by atoms with Gasteiger partial charge in [-0.3, -0.25) is 4.90 Å². The summed E-state index contributed by atoms with van der Waals surface area (Å²) in [6.45, 7) is 11.2. The third-order valence-corrected chi connectivity index (χ3v) is 3.87. The molecule has 108 valence electrons. The Morgan fingerprint density at radius 1 is 1.21 bits per heavy atom. The minimum Gasteiger partial charge on any atom is -0.314 e. The number of hydrogen-bond acceptors (Lipinski definition) is 2. The lowest BCUT2D eigenvalue weighted by molar-refractivity contribution is 0.222. The highest BCUT2D eigenvalue weighted by atomic mass is 15.1. The van der Waals surface area contributed by atoms with Gasteiger partial charge in [0, 0.05) is 18.6 Å². The van der Waals surface area contributed by atoms with Gasteiger partial charge in [0.05, 0.1) is 0 Å². The zero-order valence-corrected chi connectivity index (χ0v) is 13.2. The van der Waals surface area contributed by atoms with Crippen LogP contribution in [0.2, 0.25) is 0 Å². The van der Waals surface area contributed by atoms with Crippen LogP contribution in [-0.2, 0) is 6.54 Å². The molecule has 0 bridgehead atoms. The minimum atomic E-state index is 0.592. The molecule has 1 aromatic rings. The van der Waals surface area contributed by atoms with Crippen LogP contribution < -0.4 is 5.32 Å². The van der Waals surface area contributed by atoms with Crippen molar-refractivity contribution < 1.29 is 0 Å². The molecule has 2 unspecified atom stereocenters. The Morgan fingerprint density at radius 2 is 1.89 bits per heavy atom. The molecule has 19 heavy (non-hydrogen) atoms. The molecule has 0 aliphatic rings. The fourth-order valence-corrected chi connectivity index (χ4v) is 2.38. The van der Waals surface area contributed by atoms with Crippen molar-refractivity contribution in [3.8, 4) is 0 Å². The number of nitrogens with one attached hydrogen (secondary N) is 1. The topological polar surface area (TPSA) is 15.3 Å². The molecular formula is C17H30N2. The summed E-state index contributed by atoms with van der Waals surface area (Å²) in [7, 11) is 2.23. The zero-order chi connectivity index (χ0) is 14.3. The van der Waals surface area contributed by atoms with E-state index in [1.165, 1.54) is 24.0 Å². The van der Waals surface area contributed by atoms with E-state index < -0.39 is 0 Å². The predicted molar refractivity (Wildman–Crippen MR) is 84.5 cm³/mol. The molecule has 2 atom stereocenters. The third-order valence-electron chi connectivity index (χ3n) is 3.87. The van der Waals surface area contributed by atoms with E-state index in [-0.39, 0.29) is 0 Å². The molecule has 0 aromatic heterocycles. The van der Waals surface area contributed by atoms with Crippen LogP contribution in [0.4, 0.5) is 0 Å². The molecule has 0 saturated carbocycles. The van der Waals surface area contributed by atoms with Gasteiger partial charge in [0.25, 0.3) is 0 Å². The van der Waals surface area contributed by atoms with Gasteiger partial charge in [-0.15, -0.1) is 0 Å². The fourth-order valence-electron chi connectivity index (χ4n) is 2.38. The van der Waals surface area contributed by atoms with Crippen LogP contribution in [0.1, 0.15) is 44.7 Å². The molecule has 1 aromatic carbocycles. The van der Waals surface area contributed by atoms with Gasteiger partial charge in [0.1, 0.15) is 0 Å². The second-order valence-electron chi connectivity index (χ2n) is 5.78. The second kappa shape index (κ2) is 8.34. The van der Waals surface area contributed by atoms with Gasteiger partial charge in [-0.1, -0.05) is 31.2 Å². The van der Waals surface area contributed by atoms with E-state index in [2.05, 4.69) is 69.2 Å². The summed E-state index contributed by atoms with van der Waals surface area (Å²) in [5.74, 6) is 0. The molecule has 2 heteroatoms. The first-order valence-corrected chi connectivity index (χ1v) is 7.52. The van der Waals surface area contributed by atoms with Gasteiger partial charge in [0.15, 0.2) is 0 Å². The van der Waals surface area contributed by atoms with Crippen molar-refractivity contribution in [1.29, 1.82) is 0 Å². The van der Waals surface area contributed by atoms with Crippen molar-refractivity contribution >= 4 is 0 Å². The smallest absolute Gasteiger partial charge is 0.0236 e. The van der Waals surface area contributed by atoms with Crippen molar-refractivity contribution in [2.45, 2.75) is 59.2 Å². The van der Waals surface area contributed by atoms with E-state index in [0.717, 1.165) is 13.1 Å². The molecule has 0 heterocycles. The van der Waals surface area contributed by atoms with Gasteiger partial charge in [0.2, 0.25) is 0 Å². The van der Waals surface area contributed by atoms with Gasteiger partial charge < -0.3 is 5.32 Å². The SMILES string of the molecule is CCCNC(C)CC(C)N(C)Cc1ccccc1C. The monoisotopic (exact) mass is 262 g/mol. The minimum absolute atomic E-state index is 0.592. The van der Waals surface area contributed by atoms with E-state index in [0.29, 0.717) is 12.1 Å². The van der Waals surface area contributed by atoms with Gasteiger partial charge in [-0.2, -0.15) is 0 Å². The highest BCUT2D eigenvalue weighted by molar-refractivity contribution is 5.25. The first-order valence-electron chi connectivity index (χ1n) is 7.52. The van der Waals surface area contributed by atoms with Crippen LogP contribution in [0.3, 0.4) is 0 Å². The van der Waals surface area contributed by atoms with Gasteiger partial charge in [-0.05, 0) is 58.3 Å². The Hall–Kier alpha value is -0.860. The lowest BCUT2D eigenvalue weighted by atomic mass is 10.1. The van der Waals surface area contributed by atoms with Crippen LogP contribution in [0, 0.1) is 6.92 Å². The van der Waals surface area contributed by atoms with Crippen molar-refractivity contribution in [3.05, 3.63) is 35.4 Å². The molecule has 0 radical (unpaired) electrons. The van der Waals surface area contributed by atoms with Crippen molar-refractivity contribution in [2.75, 3.05) is 13.6 Å². The standard InChI is InChI=1S/C17H30N2/c1-6-11-18-15(3)12-16(4)19(5)13-17-10-8-7-9-14(17)2/h7-10,15-16,18H,6,11-13H2,1-5H3.